The highest BCUT2D eigenvalue weighted by atomic mass is 16.2. The lowest BCUT2D eigenvalue weighted by atomic mass is 9.87. The van der Waals surface area contributed by atoms with Crippen molar-refractivity contribution < 1.29 is 9.59 Å². The van der Waals surface area contributed by atoms with Crippen LogP contribution in [-0.4, -0.2) is 46.1 Å². The second-order valence-corrected chi connectivity index (χ2v) is 6.92. The molecule has 0 saturated carbocycles. The molecule has 2 heterocycles. The summed E-state index contributed by atoms with van der Waals surface area (Å²) in [5.74, 6) is -0.0111. The number of anilines is 1. The molecule has 0 bridgehead atoms. The molecule has 1 aromatic carbocycles. The summed E-state index contributed by atoms with van der Waals surface area (Å²) in [6.07, 6.45) is 4.94. The molecule has 1 fully saturated rings. The van der Waals surface area contributed by atoms with Crippen molar-refractivity contribution in [1.82, 2.24) is 20.0 Å². The quantitative estimate of drug-likeness (QED) is 0.816. The maximum Gasteiger partial charge on any atom is 0.252 e. The maximum atomic E-state index is 13.2. The lowest BCUT2D eigenvalue weighted by Gasteiger charge is -2.36. The third-order valence-electron chi connectivity index (χ3n) is 5.18. The van der Waals surface area contributed by atoms with E-state index in [9.17, 15) is 9.59 Å². The molecule has 7 nitrogen and oxygen atoms in total. The standard InChI is InChI=1S/C20H27N5O2/c1-3-24(16(2)26)15-17-6-4-7-18(14-17)23-19(27)20(8-11-21-12-9-20)25-13-5-10-22-25/h4-7,10,13-14,21H,3,8-9,11-12,15H2,1-2H3,(H,23,27). The van der Waals surface area contributed by atoms with Crippen LogP contribution in [0.1, 0.15) is 32.3 Å². The number of benzene rings is 1. The van der Waals surface area contributed by atoms with Gasteiger partial charge in [-0.1, -0.05) is 12.1 Å². The Morgan fingerprint density at radius 3 is 2.70 bits per heavy atom. The molecule has 1 aromatic heterocycles. The summed E-state index contributed by atoms with van der Waals surface area (Å²) >= 11 is 0. The number of hydrogen-bond donors (Lipinski definition) is 2. The van der Waals surface area contributed by atoms with Gasteiger partial charge in [-0.2, -0.15) is 5.10 Å². The maximum absolute atomic E-state index is 13.2. The van der Waals surface area contributed by atoms with Gasteiger partial charge in [0.15, 0.2) is 0 Å². The van der Waals surface area contributed by atoms with Crippen molar-refractivity contribution in [3.05, 3.63) is 48.3 Å². The van der Waals surface area contributed by atoms with Crippen LogP contribution in [-0.2, 0) is 21.7 Å². The van der Waals surface area contributed by atoms with Crippen molar-refractivity contribution >= 4 is 17.5 Å². The molecule has 2 aromatic rings. The van der Waals surface area contributed by atoms with E-state index in [1.165, 1.54) is 0 Å². The van der Waals surface area contributed by atoms with Crippen LogP contribution in [0.4, 0.5) is 5.69 Å². The fourth-order valence-electron chi connectivity index (χ4n) is 3.58. The van der Waals surface area contributed by atoms with Gasteiger partial charge in [0.25, 0.3) is 5.91 Å². The highest BCUT2D eigenvalue weighted by Crippen LogP contribution is 2.29. The Morgan fingerprint density at radius 1 is 1.30 bits per heavy atom. The van der Waals surface area contributed by atoms with Crippen molar-refractivity contribution in [3.63, 3.8) is 0 Å². The van der Waals surface area contributed by atoms with Gasteiger partial charge in [-0.15, -0.1) is 0 Å². The van der Waals surface area contributed by atoms with Gasteiger partial charge >= 0.3 is 0 Å². The Balaban J connectivity index is 1.78. The number of hydrogen-bond acceptors (Lipinski definition) is 4. The number of nitrogens with zero attached hydrogens (tertiary/aromatic N) is 3. The molecule has 0 atom stereocenters. The number of amides is 2. The van der Waals surface area contributed by atoms with Gasteiger partial charge in [0, 0.05) is 38.1 Å². The first-order chi connectivity index (χ1) is 13.0. The predicted octanol–water partition coefficient (Wildman–Crippen LogP) is 1.97. The average Bonchev–Trinajstić information content (AvgIpc) is 3.22. The highest BCUT2D eigenvalue weighted by molar-refractivity contribution is 5.96. The molecule has 3 rings (SSSR count). The summed E-state index contributed by atoms with van der Waals surface area (Å²) in [5, 5.41) is 10.7. The zero-order chi connectivity index (χ0) is 19.3. The topological polar surface area (TPSA) is 79.3 Å². The lowest BCUT2D eigenvalue weighted by Crippen LogP contribution is -2.52. The van der Waals surface area contributed by atoms with Gasteiger partial charge in [-0.3, -0.25) is 14.3 Å². The molecular formula is C20H27N5O2. The molecule has 0 spiro atoms. The zero-order valence-corrected chi connectivity index (χ0v) is 15.9. The van der Waals surface area contributed by atoms with E-state index in [0.29, 0.717) is 25.9 Å². The Hall–Kier alpha value is -2.67. The summed E-state index contributed by atoms with van der Waals surface area (Å²) in [5.41, 5.74) is 1.05. The molecule has 1 aliphatic heterocycles. The Kier molecular flexibility index (Phi) is 5.91. The Labute approximate surface area is 159 Å². The van der Waals surface area contributed by atoms with Gasteiger partial charge < -0.3 is 15.5 Å². The summed E-state index contributed by atoms with van der Waals surface area (Å²) in [4.78, 5) is 26.6. The normalized spacial score (nSPS) is 15.9. The smallest absolute Gasteiger partial charge is 0.252 e. The summed E-state index contributed by atoms with van der Waals surface area (Å²) in [6.45, 7) is 6.26. The molecule has 144 valence electrons. The number of piperidine rings is 1. The van der Waals surface area contributed by atoms with E-state index in [1.54, 1.807) is 22.7 Å². The van der Waals surface area contributed by atoms with E-state index in [1.807, 2.05) is 43.5 Å². The van der Waals surface area contributed by atoms with Gasteiger partial charge in [-0.05, 0) is 56.6 Å². The van der Waals surface area contributed by atoms with Crippen molar-refractivity contribution in [1.29, 1.82) is 0 Å². The largest absolute Gasteiger partial charge is 0.339 e. The number of nitrogens with one attached hydrogen (secondary N) is 2. The molecule has 7 heteroatoms. The van der Waals surface area contributed by atoms with Crippen LogP contribution in [0.5, 0.6) is 0 Å². The van der Waals surface area contributed by atoms with Crippen LogP contribution in [0.15, 0.2) is 42.7 Å². The van der Waals surface area contributed by atoms with E-state index >= 15 is 0 Å². The van der Waals surface area contributed by atoms with Gasteiger partial charge in [0.05, 0.1) is 0 Å². The summed E-state index contributed by atoms with van der Waals surface area (Å²) in [6, 6.07) is 9.53. The fourth-order valence-corrected chi connectivity index (χ4v) is 3.58. The van der Waals surface area contributed by atoms with Crippen LogP contribution in [0.25, 0.3) is 0 Å². The highest BCUT2D eigenvalue weighted by Gasteiger charge is 2.42. The van der Waals surface area contributed by atoms with E-state index in [4.69, 9.17) is 0 Å². The number of aromatic nitrogens is 2. The van der Waals surface area contributed by atoms with E-state index in [-0.39, 0.29) is 11.8 Å². The average molecular weight is 369 g/mol. The van der Waals surface area contributed by atoms with E-state index < -0.39 is 5.54 Å². The number of carbonyl (C=O) groups excluding carboxylic acids is 2. The minimum Gasteiger partial charge on any atom is -0.339 e. The molecule has 0 aliphatic carbocycles. The van der Waals surface area contributed by atoms with Crippen molar-refractivity contribution in [2.45, 2.75) is 38.8 Å². The minimum absolute atomic E-state index is 0.0410. The second-order valence-electron chi connectivity index (χ2n) is 6.92. The van der Waals surface area contributed by atoms with Gasteiger partial charge in [0.1, 0.15) is 5.54 Å². The lowest BCUT2D eigenvalue weighted by molar-refractivity contribution is -0.129. The fraction of sp³-hybridized carbons (Fsp3) is 0.450. The molecule has 0 radical (unpaired) electrons. The first-order valence-electron chi connectivity index (χ1n) is 9.42. The SMILES string of the molecule is CCN(Cc1cccc(NC(=O)C2(n3cccn3)CCNCC2)c1)C(C)=O. The number of rotatable bonds is 6. The first kappa shape index (κ1) is 19.1. The molecule has 27 heavy (non-hydrogen) atoms. The summed E-state index contributed by atoms with van der Waals surface area (Å²) < 4.78 is 1.78. The van der Waals surface area contributed by atoms with Crippen LogP contribution in [0.2, 0.25) is 0 Å². The van der Waals surface area contributed by atoms with Crippen molar-refractivity contribution in [3.8, 4) is 0 Å². The monoisotopic (exact) mass is 369 g/mol. The van der Waals surface area contributed by atoms with Crippen LogP contribution in [0.3, 0.4) is 0 Å². The Bertz CT molecular complexity index is 781. The van der Waals surface area contributed by atoms with Gasteiger partial charge in [0.2, 0.25) is 5.91 Å². The van der Waals surface area contributed by atoms with E-state index in [0.717, 1.165) is 24.3 Å². The van der Waals surface area contributed by atoms with Crippen molar-refractivity contribution in [2.24, 2.45) is 0 Å². The second kappa shape index (κ2) is 8.35. The molecule has 2 N–H and O–H groups in total. The minimum atomic E-state index is -0.681. The zero-order valence-electron chi connectivity index (χ0n) is 15.9. The first-order valence-corrected chi connectivity index (χ1v) is 9.42. The molecule has 0 unspecified atom stereocenters. The third kappa shape index (κ3) is 4.19. The molecular weight excluding hydrogens is 342 g/mol. The third-order valence-corrected chi connectivity index (χ3v) is 5.18. The van der Waals surface area contributed by atoms with Crippen LogP contribution in [0, 0.1) is 0 Å². The van der Waals surface area contributed by atoms with Gasteiger partial charge in [-0.25, -0.2) is 0 Å². The number of carbonyl (C=O) groups is 2. The Morgan fingerprint density at radius 2 is 2.07 bits per heavy atom. The molecule has 1 saturated heterocycles. The molecule has 1 aliphatic rings. The van der Waals surface area contributed by atoms with Crippen LogP contribution < -0.4 is 10.6 Å². The predicted molar refractivity (Wildman–Crippen MR) is 104 cm³/mol. The summed E-state index contributed by atoms with van der Waals surface area (Å²) in [7, 11) is 0. The van der Waals surface area contributed by atoms with E-state index in [2.05, 4.69) is 15.7 Å². The van der Waals surface area contributed by atoms with Crippen molar-refractivity contribution in [2.75, 3.05) is 25.0 Å². The van der Waals surface area contributed by atoms with Crippen LogP contribution >= 0.6 is 0 Å². The molecule has 2 amide bonds.